The van der Waals surface area contributed by atoms with Gasteiger partial charge in [-0.05, 0) is 71.8 Å². The number of alkyl halides is 7. The molecule has 4 rings (SSSR count). The number of hydrogen-bond donors (Lipinski definition) is 0. The molecule has 0 aromatic heterocycles. The lowest BCUT2D eigenvalue weighted by Crippen LogP contribution is -2.51. The minimum Gasteiger partial charge on any atom is -0.223 e. The summed E-state index contributed by atoms with van der Waals surface area (Å²) in [5.74, 6) is -0.999. The largest absolute Gasteiger partial charge is 0.435 e. The normalized spacial score (nSPS) is 23.3. The lowest BCUT2D eigenvalue weighted by molar-refractivity contribution is -0.348. The number of aryl methyl sites for hydroxylation is 1. The Bertz CT molecular complexity index is 1310. The van der Waals surface area contributed by atoms with E-state index in [9.17, 15) is 43.5 Å². The van der Waals surface area contributed by atoms with E-state index in [0.29, 0.717) is 12.1 Å². The van der Waals surface area contributed by atoms with Gasteiger partial charge in [-0.15, -0.1) is 0 Å². The minimum atomic E-state index is -6.30. The zero-order valence-corrected chi connectivity index (χ0v) is 21.1. The second kappa shape index (κ2) is 8.81. The van der Waals surface area contributed by atoms with E-state index < -0.39 is 50.0 Å². The van der Waals surface area contributed by atoms with Crippen LogP contribution in [0.2, 0.25) is 0 Å². The molecule has 0 saturated carbocycles. The van der Waals surface area contributed by atoms with Crippen LogP contribution < -0.4 is 0 Å². The summed E-state index contributed by atoms with van der Waals surface area (Å²) in [7, 11) is -4.42. The summed E-state index contributed by atoms with van der Waals surface area (Å²) >= 11 is 6.32. The second-order valence-corrected chi connectivity index (χ2v) is 12.3. The molecular formula is C24H22ClF8NO2S. The number of fused-ring (bicyclic) bond motifs is 3. The molecule has 0 N–H and O–H groups in total. The van der Waals surface area contributed by atoms with Crippen molar-refractivity contribution in [2.24, 2.45) is 0 Å². The van der Waals surface area contributed by atoms with Crippen molar-refractivity contribution in [2.75, 3.05) is 6.54 Å². The summed E-state index contributed by atoms with van der Waals surface area (Å²) in [6.45, 7) is 3.38. The third kappa shape index (κ3) is 3.96. The van der Waals surface area contributed by atoms with Crippen molar-refractivity contribution in [3.63, 3.8) is 0 Å². The van der Waals surface area contributed by atoms with Crippen LogP contribution in [0.4, 0.5) is 35.1 Å². The van der Waals surface area contributed by atoms with Gasteiger partial charge in [0.15, 0.2) is 9.84 Å². The van der Waals surface area contributed by atoms with E-state index in [4.69, 9.17) is 11.8 Å². The summed E-state index contributed by atoms with van der Waals surface area (Å²) in [6.07, 6.45) is -12.9. The van der Waals surface area contributed by atoms with Gasteiger partial charge in [0.1, 0.15) is 10.6 Å². The van der Waals surface area contributed by atoms with Crippen LogP contribution >= 0.6 is 11.8 Å². The van der Waals surface area contributed by atoms with E-state index in [0.717, 1.165) is 18.2 Å². The van der Waals surface area contributed by atoms with Crippen LogP contribution in [-0.4, -0.2) is 37.8 Å². The lowest BCUT2D eigenvalue weighted by Gasteiger charge is -2.42. The van der Waals surface area contributed by atoms with Crippen LogP contribution in [0.5, 0.6) is 0 Å². The first-order chi connectivity index (χ1) is 16.9. The van der Waals surface area contributed by atoms with Crippen molar-refractivity contribution in [1.29, 1.82) is 0 Å². The van der Waals surface area contributed by atoms with Gasteiger partial charge in [0.2, 0.25) is 0 Å². The average molecular weight is 576 g/mol. The van der Waals surface area contributed by atoms with Gasteiger partial charge in [-0.1, -0.05) is 32.0 Å². The van der Waals surface area contributed by atoms with Crippen molar-refractivity contribution >= 4 is 21.6 Å². The smallest absolute Gasteiger partial charge is 0.223 e. The molecule has 2 atom stereocenters. The predicted molar refractivity (Wildman–Crippen MR) is 120 cm³/mol. The second-order valence-electron chi connectivity index (χ2n) is 9.68. The number of nitrogens with zero attached hydrogens (tertiary/aromatic N) is 1. The predicted octanol–water partition coefficient (Wildman–Crippen LogP) is 7.08. The summed E-state index contributed by atoms with van der Waals surface area (Å²) in [5, 5.41) is 0. The monoisotopic (exact) mass is 575 g/mol. The van der Waals surface area contributed by atoms with Gasteiger partial charge < -0.3 is 0 Å². The fourth-order valence-electron chi connectivity index (χ4n) is 5.52. The SMILES string of the molecule is CC(C)c1cc(S(=O)(=O)C23CCN(Cl)C2CCc2cc(C(F)(C(F)(F)F)C(F)(F)F)ccc23)ccc1F. The highest BCUT2D eigenvalue weighted by Crippen LogP contribution is 2.57. The van der Waals surface area contributed by atoms with Crippen LogP contribution in [0.1, 0.15) is 54.9 Å². The van der Waals surface area contributed by atoms with E-state index in [-0.39, 0.29) is 53.3 Å². The molecule has 204 valence electrons. The van der Waals surface area contributed by atoms with Crippen LogP contribution in [-0.2, 0) is 26.7 Å². The van der Waals surface area contributed by atoms with Crippen molar-refractivity contribution < 1.29 is 43.5 Å². The molecule has 37 heavy (non-hydrogen) atoms. The summed E-state index contributed by atoms with van der Waals surface area (Å²) in [6, 6.07) is 3.99. The molecule has 2 aromatic carbocycles. The molecule has 3 nitrogen and oxygen atoms in total. The molecule has 2 aromatic rings. The van der Waals surface area contributed by atoms with Gasteiger partial charge >= 0.3 is 18.0 Å². The first kappa shape index (κ1) is 28.1. The highest BCUT2D eigenvalue weighted by molar-refractivity contribution is 7.92. The molecule has 2 aliphatic rings. The van der Waals surface area contributed by atoms with E-state index in [2.05, 4.69) is 0 Å². The maximum Gasteiger partial charge on any atom is 0.435 e. The molecule has 1 heterocycles. The minimum absolute atomic E-state index is 0.0191. The Hall–Kier alpha value is -1.92. The highest BCUT2D eigenvalue weighted by Gasteiger charge is 2.73. The average Bonchev–Trinajstić information content (AvgIpc) is 3.15. The van der Waals surface area contributed by atoms with Gasteiger partial charge in [-0.3, -0.25) is 0 Å². The fraction of sp³-hybridized carbons (Fsp3) is 0.500. The Morgan fingerprint density at radius 3 is 2.19 bits per heavy atom. The highest BCUT2D eigenvalue weighted by atomic mass is 35.5. The Morgan fingerprint density at radius 1 is 1.00 bits per heavy atom. The zero-order chi connectivity index (χ0) is 27.8. The number of halogens is 9. The first-order valence-corrected chi connectivity index (χ1v) is 13.1. The van der Waals surface area contributed by atoms with E-state index in [1.807, 2.05) is 0 Å². The quantitative estimate of drug-likeness (QED) is 0.222. The molecular weight excluding hydrogens is 554 g/mol. The van der Waals surface area contributed by atoms with Crippen molar-refractivity contribution in [1.82, 2.24) is 4.42 Å². The van der Waals surface area contributed by atoms with Crippen molar-refractivity contribution in [3.8, 4) is 0 Å². The van der Waals surface area contributed by atoms with Crippen molar-refractivity contribution in [3.05, 3.63) is 64.5 Å². The Balaban J connectivity index is 1.95. The standard InChI is InChI=1S/C24H22ClF8NO2S/c1-13(2)17-12-16(5-7-19(17)26)37(35,36)21-9-10-34(25)20(21)8-3-14-11-15(4-6-18(14)21)22(27,23(28,29)30)24(31,32)33/h4-7,11-13,20H,3,8-10H2,1-2H3. The lowest BCUT2D eigenvalue weighted by atomic mass is 9.77. The fourth-order valence-corrected chi connectivity index (χ4v) is 8.33. The zero-order valence-electron chi connectivity index (χ0n) is 19.5. The van der Waals surface area contributed by atoms with E-state index >= 15 is 0 Å². The van der Waals surface area contributed by atoms with Gasteiger partial charge in [0, 0.05) is 18.2 Å². The van der Waals surface area contributed by atoms with Crippen LogP contribution in [0, 0.1) is 5.82 Å². The summed E-state index contributed by atoms with van der Waals surface area (Å²) in [4.78, 5) is -0.253. The molecule has 2 unspecified atom stereocenters. The third-order valence-electron chi connectivity index (χ3n) is 7.38. The van der Waals surface area contributed by atoms with Gasteiger partial charge in [0.05, 0.1) is 4.90 Å². The summed E-state index contributed by atoms with van der Waals surface area (Å²) in [5.41, 5.74) is -7.39. The van der Waals surface area contributed by atoms with Crippen LogP contribution in [0.15, 0.2) is 41.3 Å². The van der Waals surface area contributed by atoms with Crippen LogP contribution in [0.25, 0.3) is 0 Å². The third-order valence-corrected chi connectivity index (χ3v) is 10.3. The van der Waals surface area contributed by atoms with Gasteiger partial charge in [0.25, 0.3) is 0 Å². The number of hydrogen-bond acceptors (Lipinski definition) is 3. The number of benzene rings is 2. The Morgan fingerprint density at radius 2 is 1.62 bits per heavy atom. The first-order valence-electron chi connectivity index (χ1n) is 11.3. The molecule has 0 bridgehead atoms. The molecule has 1 aliphatic carbocycles. The van der Waals surface area contributed by atoms with E-state index in [1.54, 1.807) is 13.8 Å². The molecule has 0 spiro atoms. The Kier molecular flexibility index (Phi) is 6.69. The molecule has 1 aliphatic heterocycles. The van der Waals surface area contributed by atoms with Crippen molar-refractivity contribution in [2.45, 2.75) is 72.7 Å². The molecule has 0 radical (unpaired) electrons. The molecule has 1 fully saturated rings. The molecule has 0 amide bonds. The Labute approximate surface area is 213 Å². The molecule has 1 saturated heterocycles. The molecule has 13 heteroatoms. The van der Waals surface area contributed by atoms with Gasteiger partial charge in [-0.2, -0.15) is 26.3 Å². The number of sulfone groups is 1. The maximum absolute atomic E-state index is 14.8. The topological polar surface area (TPSA) is 37.4 Å². The summed E-state index contributed by atoms with van der Waals surface area (Å²) < 4.78 is 137. The maximum atomic E-state index is 14.8. The van der Waals surface area contributed by atoms with Crippen LogP contribution in [0.3, 0.4) is 0 Å². The number of rotatable bonds is 4. The van der Waals surface area contributed by atoms with E-state index in [1.165, 1.54) is 10.5 Å². The van der Waals surface area contributed by atoms with Gasteiger partial charge in [-0.25, -0.2) is 21.6 Å².